The number of ether oxygens (including phenoxy) is 1. The van der Waals surface area contributed by atoms with Gasteiger partial charge in [-0.05, 0) is 36.2 Å². The molecular weight excluding hydrogens is 228 g/mol. The molecule has 0 amide bonds. The third kappa shape index (κ3) is 1.19. The third-order valence-corrected chi connectivity index (χ3v) is 4.98. The molecule has 0 unspecified atom stereocenters. The first-order chi connectivity index (χ1) is 8.75. The lowest BCUT2D eigenvalue weighted by Crippen LogP contribution is -2.29. The molecule has 2 saturated carbocycles. The molecule has 5 atom stereocenters. The van der Waals surface area contributed by atoms with Gasteiger partial charge in [0, 0.05) is 0 Å². The second-order valence-electron chi connectivity index (χ2n) is 5.70. The molecule has 92 valence electrons. The van der Waals surface area contributed by atoms with Crippen molar-refractivity contribution in [2.75, 3.05) is 0 Å². The van der Waals surface area contributed by atoms with Crippen LogP contribution in [0.3, 0.4) is 0 Å². The fourth-order valence-electron chi connectivity index (χ4n) is 4.34. The van der Waals surface area contributed by atoms with Crippen LogP contribution in [0, 0.1) is 23.7 Å². The number of benzene rings is 1. The van der Waals surface area contributed by atoms with Crippen LogP contribution in [0.15, 0.2) is 30.3 Å². The maximum absolute atomic E-state index is 11.8. The Bertz CT molecular complexity index is 522. The van der Waals surface area contributed by atoms with Gasteiger partial charge in [0.15, 0.2) is 0 Å². The van der Waals surface area contributed by atoms with E-state index in [1.807, 2.05) is 18.2 Å². The van der Waals surface area contributed by atoms with Gasteiger partial charge in [0.05, 0.1) is 11.8 Å². The van der Waals surface area contributed by atoms with Crippen molar-refractivity contribution in [1.82, 2.24) is 0 Å². The van der Waals surface area contributed by atoms with Crippen LogP contribution in [0.4, 0.5) is 0 Å². The van der Waals surface area contributed by atoms with E-state index >= 15 is 0 Å². The molecule has 1 heterocycles. The molecule has 0 spiro atoms. The van der Waals surface area contributed by atoms with Gasteiger partial charge in [-0.15, -0.1) is 0 Å². The Morgan fingerprint density at radius 3 is 2.44 bits per heavy atom. The number of cyclic esters (lactones) is 2. The lowest BCUT2D eigenvalue weighted by atomic mass is 9.73. The van der Waals surface area contributed by atoms with Crippen LogP contribution in [0.5, 0.6) is 0 Å². The zero-order chi connectivity index (χ0) is 12.3. The molecule has 18 heavy (non-hydrogen) atoms. The Hall–Kier alpha value is -1.64. The number of fused-ring (bicyclic) bond motifs is 5. The highest BCUT2D eigenvalue weighted by Gasteiger charge is 2.62. The summed E-state index contributed by atoms with van der Waals surface area (Å²) in [6.45, 7) is 0. The molecule has 1 aromatic carbocycles. The van der Waals surface area contributed by atoms with Crippen molar-refractivity contribution in [2.45, 2.75) is 18.8 Å². The van der Waals surface area contributed by atoms with E-state index in [-0.39, 0.29) is 23.8 Å². The number of carbonyl (C=O) groups excluding carboxylic acids is 2. The van der Waals surface area contributed by atoms with Gasteiger partial charge in [-0.2, -0.15) is 0 Å². The van der Waals surface area contributed by atoms with E-state index in [2.05, 4.69) is 12.1 Å². The molecule has 1 aromatic rings. The maximum atomic E-state index is 11.8. The molecule has 2 aliphatic carbocycles. The van der Waals surface area contributed by atoms with E-state index < -0.39 is 0 Å². The van der Waals surface area contributed by atoms with Crippen LogP contribution in [-0.4, -0.2) is 11.9 Å². The predicted octanol–water partition coefficient (Wildman–Crippen LogP) is 2.13. The molecule has 1 saturated heterocycles. The summed E-state index contributed by atoms with van der Waals surface area (Å²) < 4.78 is 4.82. The van der Waals surface area contributed by atoms with Gasteiger partial charge in [-0.1, -0.05) is 30.3 Å². The highest BCUT2D eigenvalue weighted by atomic mass is 16.6. The van der Waals surface area contributed by atoms with Gasteiger partial charge >= 0.3 is 11.9 Å². The third-order valence-electron chi connectivity index (χ3n) is 4.98. The normalized spacial score (nSPS) is 41.0. The Morgan fingerprint density at radius 1 is 0.944 bits per heavy atom. The molecule has 2 bridgehead atoms. The fourth-order valence-corrected chi connectivity index (χ4v) is 4.34. The summed E-state index contributed by atoms with van der Waals surface area (Å²) in [6.07, 6.45) is 2.04. The van der Waals surface area contributed by atoms with E-state index in [4.69, 9.17) is 4.74 Å². The SMILES string of the molecule is O=C1OC(=O)[C@H]2[C@@H]3C[C@H]([C@@H]12)[C@H](c1ccccc1)C3. The molecule has 0 aromatic heterocycles. The quantitative estimate of drug-likeness (QED) is 0.559. The number of hydrogen-bond donors (Lipinski definition) is 0. The second kappa shape index (κ2) is 3.44. The monoisotopic (exact) mass is 242 g/mol. The number of rotatable bonds is 1. The molecule has 3 aliphatic rings. The average molecular weight is 242 g/mol. The molecule has 3 nitrogen and oxygen atoms in total. The zero-order valence-electron chi connectivity index (χ0n) is 9.91. The van der Waals surface area contributed by atoms with Crippen LogP contribution in [0.1, 0.15) is 24.3 Å². The second-order valence-corrected chi connectivity index (χ2v) is 5.70. The molecule has 4 rings (SSSR count). The van der Waals surface area contributed by atoms with E-state index in [0.717, 1.165) is 12.8 Å². The summed E-state index contributed by atoms with van der Waals surface area (Å²) in [5.41, 5.74) is 1.30. The number of hydrogen-bond acceptors (Lipinski definition) is 3. The highest BCUT2D eigenvalue weighted by molar-refractivity contribution is 5.97. The Balaban J connectivity index is 1.70. The van der Waals surface area contributed by atoms with E-state index in [0.29, 0.717) is 17.8 Å². The minimum atomic E-state index is -0.280. The Kier molecular flexibility index (Phi) is 1.97. The molecule has 0 radical (unpaired) electrons. The van der Waals surface area contributed by atoms with Gasteiger partial charge in [0.1, 0.15) is 0 Å². The van der Waals surface area contributed by atoms with Gasteiger partial charge in [-0.25, -0.2) is 0 Å². The van der Waals surface area contributed by atoms with Crippen LogP contribution in [0.25, 0.3) is 0 Å². The smallest absolute Gasteiger partial charge is 0.317 e. The van der Waals surface area contributed by atoms with E-state index in [1.54, 1.807) is 0 Å². The maximum Gasteiger partial charge on any atom is 0.317 e. The zero-order valence-corrected chi connectivity index (χ0v) is 9.91. The standard InChI is InChI=1S/C15H14O3/c16-14-12-9-6-10(8-4-2-1-3-5-8)11(7-9)13(12)15(17)18-14/h1-5,9-13H,6-7H2/t9-,10-,11-,12-,13+/m0/s1. The minimum Gasteiger partial charge on any atom is -0.393 e. The first-order valence-corrected chi connectivity index (χ1v) is 6.56. The Labute approximate surface area is 105 Å². The largest absolute Gasteiger partial charge is 0.393 e. The summed E-state index contributed by atoms with van der Waals surface area (Å²) in [5.74, 6) is 0.229. The lowest BCUT2D eigenvalue weighted by Gasteiger charge is -2.27. The van der Waals surface area contributed by atoms with Crippen molar-refractivity contribution in [3.63, 3.8) is 0 Å². The summed E-state index contributed by atoms with van der Waals surface area (Å²) in [6, 6.07) is 10.3. The fraction of sp³-hybridized carbons (Fsp3) is 0.467. The predicted molar refractivity (Wildman–Crippen MR) is 63.5 cm³/mol. The van der Waals surface area contributed by atoms with E-state index in [9.17, 15) is 9.59 Å². The molecule has 3 fully saturated rings. The number of carbonyl (C=O) groups is 2. The minimum absolute atomic E-state index is 0.137. The lowest BCUT2D eigenvalue weighted by molar-refractivity contribution is -0.154. The van der Waals surface area contributed by atoms with Crippen LogP contribution in [-0.2, 0) is 14.3 Å². The van der Waals surface area contributed by atoms with Gasteiger partial charge in [0.2, 0.25) is 0 Å². The summed E-state index contributed by atoms with van der Waals surface area (Å²) in [4.78, 5) is 23.4. The molecule has 3 heteroatoms. The van der Waals surface area contributed by atoms with Crippen LogP contribution < -0.4 is 0 Å². The van der Waals surface area contributed by atoms with Gasteiger partial charge in [0.25, 0.3) is 0 Å². The highest BCUT2D eigenvalue weighted by Crippen LogP contribution is 2.61. The first kappa shape index (κ1) is 10.3. The van der Waals surface area contributed by atoms with E-state index in [1.165, 1.54) is 5.56 Å². The van der Waals surface area contributed by atoms with Gasteiger partial charge in [-0.3, -0.25) is 9.59 Å². The first-order valence-electron chi connectivity index (χ1n) is 6.56. The van der Waals surface area contributed by atoms with Crippen LogP contribution >= 0.6 is 0 Å². The topological polar surface area (TPSA) is 43.4 Å². The molecular formula is C15H14O3. The molecule has 1 aliphatic heterocycles. The van der Waals surface area contributed by atoms with Crippen molar-refractivity contribution >= 4 is 11.9 Å². The van der Waals surface area contributed by atoms with Gasteiger partial charge < -0.3 is 4.74 Å². The van der Waals surface area contributed by atoms with Crippen LogP contribution in [0.2, 0.25) is 0 Å². The molecule has 0 N–H and O–H groups in total. The van der Waals surface area contributed by atoms with Crippen molar-refractivity contribution in [3.8, 4) is 0 Å². The van der Waals surface area contributed by atoms with Crippen molar-refractivity contribution in [1.29, 1.82) is 0 Å². The summed E-state index contributed by atoms with van der Waals surface area (Å²) in [7, 11) is 0. The average Bonchev–Trinajstić information content (AvgIpc) is 3.03. The summed E-state index contributed by atoms with van der Waals surface area (Å²) >= 11 is 0. The van der Waals surface area contributed by atoms with Crippen molar-refractivity contribution in [2.24, 2.45) is 23.7 Å². The number of esters is 2. The summed E-state index contributed by atoms with van der Waals surface area (Å²) in [5, 5.41) is 0. The van der Waals surface area contributed by atoms with Crippen molar-refractivity contribution < 1.29 is 14.3 Å². The Morgan fingerprint density at radius 2 is 1.67 bits per heavy atom. The van der Waals surface area contributed by atoms with Crippen molar-refractivity contribution in [3.05, 3.63) is 35.9 Å².